The monoisotopic (exact) mass is 374 g/mol. The van der Waals surface area contributed by atoms with E-state index in [9.17, 15) is 4.79 Å². The van der Waals surface area contributed by atoms with Crippen molar-refractivity contribution >= 4 is 11.8 Å². The Bertz CT molecular complexity index is 601. The Kier molecular flexibility index (Phi) is 7.58. The summed E-state index contributed by atoms with van der Waals surface area (Å²) in [5, 5.41) is 3.61. The van der Waals surface area contributed by atoms with E-state index in [1.807, 2.05) is 25.7 Å². The van der Waals surface area contributed by atoms with Crippen molar-refractivity contribution < 1.29 is 9.53 Å². The van der Waals surface area contributed by atoms with Crippen molar-refractivity contribution in [3.8, 4) is 0 Å². The highest BCUT2D eigenvalue weighted by atomic mass is 16.6. The molecule has 1 aromatic carbocycles. The molecular formula is C23H38N2O2. The first-order valence-corrected chi connectivity index (χ1v) is 10.4. The Hall–Kier alpha value is -1.71. The lowest BCUT2D eigenvalue weighted by atomic mass is 9.82. The molecule has 0 aliphatic carbocycles. The van der Waals surface area contributed by atoms with Crippen LogP contribution in [0.2, 0.25) is 0 Å². The summed E-state index contributed by atoms with van der Waals surface area (Å²) in [4.78, 5) is 14.1. The zero-order valence-electron chi connectivity index (χ0n) is 18.0. The summed E-state index contributed by atoms with van der Waals surface area (Å²) in [6.45, 7) is 15.3. The summed E-state index contributed by atoms with van der Waals surface area (Å²) in [5.41, 5.74) is 2.12. The minimum absolute atomic E-state index is 0.162. The van der Waals surface area contributed by atoms with Crippen LogP contribution < -0.4 is 5.32 Å². The Morgan fingerprint density at radius 1 is 1.19 bits per heavy atom. The van der Waals surface area contributed by atoms with Crippen LogP contribution in [0.25, 0.3) is 0 Å². The standard InChI is InChI=1S/C23H38N2O2/c1-17-9-7-8-10-21(17)24-16-19(3)18(2)15-20-11-13-25(14-12-20)22(26)27-23(4,5)6/h7-10,18-20,24H,11-16H2,1-6H3. The normalized spacial score (nSPS) is 18.1. The van der Waals surface area contributed by atoms with Gasteiger partial charge < -0.3 is 15.0 Å². The highest BCUT2D eigenvalue weighted by molar-refractivity contribution is 5.68. The third-order valence-corrected chi connectivity index (χ3v) is 5.70. The third kappa shape index (κ3) is 7.08. The Morgan fingerprint density at radius 2 is 1.81 bits per heavy atom. The van der Waals surface area contributed by atoms with Crippen LogP contribution >= 0.6 is 0 Å². The fourth-order valence-corrected chi connectivity index (χ4v) is 3.68. The van der Waals surface area contributed by atoms with E-state index in [1.165, 1.54) is 17.7 Å². The number of piperidine rings is 1. The van der Waals surface area contributed by atoms with Crippen molar-refractivity contribution in [2.45, 2.75) is 66.4 Å². The van der Waals surface area contributed by atoms with Crippen LogP contribution in [0.5, 0.6) is 0 Å². The van der Waals surface area contributed by atoms with Crippen LogP contribution in [0.4, 0.5) is 10.5 Å². The van der Waals surface area contributed by atoms with Crippen LogP contribution in [0.1, 0.15) is 59.4 Å². The summed E-state index contributed by atoms with van der Waals surface area (Å²) in [6, 6.07) is 8.46. The van der Waals surface area contributed by atoms with Gasteiger partial charge in [-0.3, -0.25) is 0 Å². The fourth-order valence-electron chi connectivity index (χ4n) is 3.68. The molecule has 27 heavy (non-hydrogen) atoms. The van der Waals surface area contributed by atoms with E-state index in [1.54, 1.807) is 0 Å². The van der Waals surface area contributed by atoms with Gasteiger partial charge in [0.2, 0.25) is 0 Å². The number of para-hydroxylation sites is 1. The molecule has 1 aliphatic rings. The van der Waals surface area contributed by atoms with Gasteiger partial charge in [-0.1, -0.05) is 32.0 Å². The van der Waals surface area contributed by atoms with Gasteiger partial charge in [-0.25, -0.2) is 4.79 Å². The van der Waals surface area contributed by atoms with Crippen molar-refractivity contribution in [1.29, 1.82) is 0 Å². The average molecular weight is 375 g/mol. The second-order valence-corrected chi connectivity index (χ2v) is 9.30. The van der Waals surface area contributed by atoms with Crippen LogP contribution in [-0.2, 0) is 4.74 Å². The molecule has 2 unspecified atom stereocenters. The van der Waals surface area contributed by atoms with E-state index < -0.39 is 5.60 Å². The molecule has 1 aliphatic heterocycles. The fraction of sp³-hybridized carbons (Fsp3) is 0.696. The second kappa shape index (κ2) is 9.48. The summed E-state index contributed by atoms with van der Waals surface area (Å²) >= 11 is 0. The van der Waals surface area contributed by atoms with Gasteiger partial charge in [0.25, 0.3) is 0 Å². The topological polar surface area (TPSA) is 41.6 Å². The van der Waals surface area contributed by atoms with Gasteiger partial charge in [-0.2, -0.15) is 0 Å². The SMILES string of the molecule is Cc1ccccc1NCC(C)C(C)CC1CCN(C(=O)OC(C)(C)C)CC1. The molecule has 0 spiro atoms. The Labute approximate surface area is 165 Å². The number of carbonyl (C=O) groups is 1. The molecule has 2 atom stereocenters. The molecular weight excluding hydrogens is 336 g/mol. The summed E-state index contributed by atoms with van der Waals surface area (Å²) in [5.74, 6) is 1.99. The van der Waals surface area contributed by atoms with Crippen LogP contribution in [-0.4, -0.2) is 36.2 Å². The van der Waals surface area contributed by atoms with E-state index in [2.05, 4.69) is 50.4 Å². The van der Waals surface area contributed by atoms with Gasteiger partial charge in [0, 0.05) is 25.3 Å². The molecule has 0 aromatic heterocycles. The van der Waals surface area contributed by atoms with Crippen molar-refractivity contribution in [3.63, 3.8) is 0 Å². The number of aryl methyl sites for hydroxylation is 1. The van der Waals surface area contributed by atoms with E-state index in [4.69, 9.17) is 4.74 Å². The molecule has 1 N–H and O–H groups in total. The molecule has 4 heteroatoms. The first-order chi connectivity index (χ1) is 12.7. The molecule has 1 fully saturated rings. The smallest absolute Gasteiger partial charge is 0.410 e. The molecule has 1 heterocycles. The maximum atomic E-state index is 12.2. The number of hydrogen-bond donors (Lipinski definition) is 1. The highest BCUT2D eigenvalue weighted by Gasteiger charge is 2.28. The lowest BCUT2D eigenvalue weighted by molar-refractivity contribution is 0.0173. The number of likely N-dealkylation sites (tertiary alicyclic amines) is 1. The highest BCUT2D eigenvalue weighted by Crippen LogP contribution is 2.29. The number of nitrogens with zero attached hydrogens (tertiary/aromatic N) is 1. The zero-order chi connectivity index (χ0) is 20.0. The number of amides is 1. The van der Waals surface area contributed by atoms with Gasteiger partial charge in [0.05, 0.1) is 0 Å². The predicted molar refractivity (Wildman–Crippen MR) is 113 cm³/mol. The van der Waals surface area contributed by atoms with Crippen LogP contribution in [0.3, 0.4) is 0 Å². The lowest BCUT2D eigenvalue weighted by Crippen LogP contribution is -2.42. The Morgan fingerprint density at radius 3 is 2.41 bits per heavy atom. The Balaban J connectivity index is 1.72. The van der Waals surface area contributed by atoms with E-state index in [-0.39, 0.29) is 6.09 Å². The third-order valence-electron chi connectivity index (χ3n) is 5.70. The summed E-state index contributed by atoms with van der Waals surface area (Å²) in [7, 11) is 0. The van der Waals surface area contributed by atoms with E-state index in [0.717, 1.165) is 32.5 Å². The molecule has 1 amide bonds. The molecule has 0 bridgehead atoms. The van der Waals surface area contributed by atoms with Gasteiger partial charge >= 0.3 is 6.09 Å². The van der Waals surface area contributed by atoms with Gasteiger partial charge in [-0.15, -0.1) is 0 Å². The zero-order valence-corrected chi connectivity index (χ0v) is 18.0. The second-order valence-electron chi connectivity index (χ2n) is 9.30. The molecule has 0 radical (unpaired) electrons. The van der Waals surface area contributed by atoms with E-state index >= 15 is 0 Å². The summed E-state index contributed by atoms with van der Waals surface area (Å²) < 4.78 is 5.49. The summed E-state index contributed by atoms with van der Waals surface area (Å²) in [6.07, 6.45) is 3.24. The maximum absolute atomic E-state index is 12.2. The van der Waals surface area contributed by atoms with Gasteiger partial charge in [0.15, 0.2) is 0 Å². The molecule has 152 valence electrons. The quantitative estimate of drug-likeness (QED) is 0.693. The molecule has 1 aromatic rings. The number of rotatable bonds is 6. The number of carbonyl (C=O) groups excluding carboxylic acids is 1. The number of nitrogens with one attached hydrogen (secondary N) is 1. The molecule has 2 rings (SSSR count). The lowest BCUT2D eigenvalue weighted by Gasteiger charge is -2.35. The van der Waals surface area contributed by atoms with Crippen molar-refractivity contribution in [1.82, 2.24) is 4.90 Å². The van der Waals surface area contributed by atoms with Gasteiger partial charge in [0.1, 0.15) is 5.60 Å². The minimum Gasteiger partial charge on any atom is -0.444 e. The van der Waals surface area contributed by atoms with Crippen molar-refractivity contribution in [2.24, 2.45) is 17.8 Å². The van der Waals surface area contributed by atoms with Crippen molar-refractivity contribution in [2.75, 3.05) is 25.0 Å². The first-order valence-electron chi connectivity index (χ1n) is 10.4. The molecule has 0 saturated carbocycles. The number of benzene rings is 1. The van der Waals surface area contributed by atoms with Crippen LogP contribution in [0.15, 0.2) is 24.3 Å². The van der Waals surface area contributed by atoms with Gasteiger partial charge in [-0.05, 0) is 76.3 Å². The number of ether oxygens (including phenoxy) is 1. The molecule has 4 nitrogen and oxygen atoms in total. The van der Waals surface area contributed by atoms with E-state index in [0.29, 0.717) is 17.8 Å². The number of anilines is 1. The predicted octanol–water partition coefficient (Wildman–Crippen LogP) is 5.72. The largest absolute Gasteiger partial charge is 0.444 e. The maximum Gasteiger partial charge on any atom is 0.410 e. The van der Waals surface area contributed by atoms with Crippen LogP contribution in [0, 0.1) is 24.7 Å². The molecule has 1 saturated heterocycles. The number of hydrogen-bond acceptors (Lipinski definition) is 3. The minimum atomic E-state index is -0.415. The average Bonchev–Trinajstić information content (AvgIpc) is 2.60. The first kappa shape index (κ1) is 21.6. The van der Waals surface area contributed by atoms with Crippen molar-refractivity contribution in [3.05, 3.63) is 29.8 Å².